The highest BCUT2D eigenvalue weighted by Gasteiger charge is 2.16. The van der Waals surface area contributed by atoms with E-state index in [2.05, 4.69) is 58.5 Å². The van der Waals surface area contributed by atoms with Crippen LogP contribution in [-0.4, -0.2) is 36.4 Å². The molecule has 0 fully saturated rings. The molecule has 140 valence electrons. The summed E-state index contributed by atoms with van der Waals surface area (Å²) in [6.07, 6.45) is 0.303. The van der Waals surface area contributed by atoms with Crippen LogP contribution in [0.3, 0.4) is 0 Å². The average molecular weight is 380 g/mol. The van der Waals surface area contributed by atoms with Crippen LogP contribution in [0.5, 0.6) is 0 Å². The second-order valence-corrected chi connectivity index (χ2v) is 7.74. The molecule has 0 aliphatic carbocycles. The van der Waals surface area contributed by atoms with Gasteiger partial charge in [0, 0.05) is 17.5 Å². The van der Waals surface area contributed by atoms with Gasteiger partial charge in [-0.1, -0.05) is 60.2 Å². The molecule has 0 bridgehead atoms. The number of aromatic nitrogens is 1. The Hall–Kier alpha value is -2.50. The van der Waals surface area contributed by atoms with E-state index in [-0.39, 0.29) is 11.9 Å². The summed E-state index contributed by atoms with van der Waals surface area (Å²) in [4.78, 5) is 19.1. The Kier molecular flexibility index (Phi) is 6.37. The van der Waals surface area contributed by atoms with E-state index in [9.17, 15) is 4.79 Å². The summed E-state index contributed by atoms with van der Waals surface area (Å²) >= 11 is 1.58. The van der Waals surface area contributed by atoms with Crippen LogP contribution in [0.1, 0.15) is 22.9 Å². The lowest BCUT2D eigenvalue weighted by molar-refractivity contribution is -0.120. The number of nitrogens with one attached hydrogen (secondary N) is 1. The van der Waals surface area contributed by atoms with E-state index in [0.29, 0.717) is 13.0 Å². The first-order chi connectivity index (χ1) is 13.0. The van der Waals surface area contributed by atoms with Crippen molar-refractivity contribution in [2.24, 2.45) is 0 Å². The number of aryl methyl sites for hydroxylation is 1. The monoisotopic (exact) mass is 379 g/mol. The standard InChI is InChI=1S/C22H25N3OS/c1-16-9-11-18(12-10-16)22-24-19(15-27-22)13-21(26)23-14-20(25(2)3)17-7-5-4-6-8-17/h4-12,15,20H,13-14H2,1-3H3,(H,23,26). The van der Waals surface area contributed by atoms with Crippen molar-refractivity contribution in [3.05, 3.63) is 76.8 Å². The zero-order valence-corrected chi connectivity index (χ0v) is 16.8. The zero-order valence-electron chi connectivity index (χ0n) is 16.0. The van der Waals surface area contributed by atoms with Gasteiger partial charge in [-0.25, -0.2) is 4.98 Å². The topological polar surface area (TPSA) is 45.2 Å². The predicted molar refractivity (Wildman–Crippen MR) is 112 cm³/mol. The number of thiazole rings is 1. The maximum absolute atomic E-state index is 12.4. The van der Waals surface area contributed by atoms with E-state index in [1.54, 1.807) is 11.3 Å². The van der Waals surface area contributed by atoms with Crippen LogP contribution in [0, 0.1) is 6.92 Å². The van der Waals surface area contributed by atoms with Gasteiger partial charge < -0.3 is 10.2 Å². The van der Waals surface area contributed by atoms with Gasteiger partial charge in [-0.05, 0) is 26.6 Å². The molecule has 0 aliphatic rings. The van der Waals surface area contributed by atoms with Gasteiger partial charge in [-0.15, -0.1) is 11.3 Å². The molecular weight excluding hydrogens is 354 g/mol. The fourth-order valence-corrected chi connectivity index (χ4v) is 3.75. The molecule has 1 heterocycles. The van der Waals surface area contributed by atoms with E-state index >= 15 is 0 Å². The summed E-state index contributed by atoms with van der Waals surface area (Å²) < 4.78 is 0. The Morgan fingerprint density at radius 3 is 2.48 bits per heavy atom. The molecule has 0 saturated carbocycles. The molecule has 1 atom stereocenters. The maximum atomic E-state index is 12.4. The third kappa shape index (κ3) is 5.25. The van der Waals surface area contributed by atoms with E-state index < -0.39 is 0 Å². The molecule has 4 nitrogen and oxygen atoms in total. The normalized spacial score (nSPS) is 12.1. The van der Waals surface area contributed by atoms with E-state index in [0.717, 1.165) is 16.3 Å². The molecule has 1 aromatic heterocycles. The third-order valence-corrected chi connectivity index (χ3v) is 5.43. The Bertz CT molecular complexity index is 872. The Morgan fingerprint density at radius 2 is 1.81 bits per heavy atom. The maximum Gasteiger partial charge on any atom is 0.226 e. The average Bonchev–Trinajstić information content (AvgIpc) is 3.11. The summed E-state index contributed by atoms with van der Waals surface area (Å²) in [6, 6.07) is 18.7. The molecule has 5 heteroatoms. The molecule has 1 N–H and O–H groups in total. The number of amides is 1. The first-order valence-electron chi connectivity index (χ1n) is 9.02. The van der Waals surface area contributed by atoms with Crippen LogP contribution < -0.4 is 5.32 Å². The minimum Gasteiger partial charge on any atom is -0.354 e. The van der Waals surface area contributed by atoms with Crippen LogP contribution >= 0.6 is 11.3 Å². The molecule has 1 unspecified atom stereocenters. The van der Waals surface area contributed by atoms with Crippen LogP contribution in [-0.2, 0) is 11.2 Å². The fourth-order valence-electron chi connectivity index (χ4n) is 2.93. The van der Waals surface area contributed by atoms with Crippen molar-refractivity contribution in [3.8, 4) is 10.6 Å². The Labute approximate surface area is 164 Å². The molecule has 27 heavy (non-hydrogen) atoms. The van der Waals surface area contributed by atoms with Crippen molar-refractivity contribution in [1.29, 1.82) is 0 Å². The SMILES string of the molecule is Cc1ccc(-c2nc(CC(=O)NCC(c3ccccc3)N(C)C)cs2)cc1. The lowest BCUT2D eigenvalue weighted by atomic mass is 10.1. The summed E-state index contributed by atoms with van der Waals surface area (Å²) in [5.74, 6) is -0.00135. The number of hydrogen-bond acceptors (Lipinski definition) is 4. The first-order valence-corrected chi connectivity index (χ1v) is 9.90. The second-order valence-electron chi connectivity index (χ2n) is 6.88. The van der Waals surface area contributed by atoms with Gasteiger partial charge in [0.2, 0.25) is 5.91 Å². The number of carbonyl (C=O) groups is 1. The Balaban J connectivity index is 1.58. The van der Waals surface area contributed by atoms with Crippen LogP contribution in [0.2, 0.25) is 0 Å². The van der Waals surface area contributed by atoms with Gasteiger partial charge in [0.25, 0.3) is 0 Å². The minimum atomic E-state index is -0.00135. The fraction of sp³-hybridized carbons (Fsp3) is 0.273. The van der Waals surface area contributed by atoms with Crippen LogP contribution in [0.15, 0.2) is 60.0 Å². The van der Waals surface area contributed by atoms with Gasteiger partial charge in [0.15, 0.2) is 0 Å². The van der Waals surface area contributed by atoms with Crippen LogP contribution in [0.4, 0.5) is 0 Å². The predicted octanol–water partition coefficient (Wildman–Crippen LogP) is 4.08. The summed E-state index contributed by atoms with van der Waals surface area (Å²) in [6.45, 7) is 2.64. The number of carbonyl (C=O) groups excluding carboxylic acids is 1. The van der Waals surface area contributed by atoms with E-state index in [4.69, 9.17) is 0 Å². The molecule has 0 saturated heterocycles. The lowest BCUT2D eigenvalue weighted by Crippen LogP contribution is -2.35. The number of nitrogens with zero attached hydrogens (tertiary/aromatic N) is 2. The quantitative estimate of drug-likeness (QED) is 0.673. The van der Waals surface area contributed by atoms with Crippen molar-refractivity contribution in [3.63, 3.8) is 0 Å². The van der Waals surface area contributed by atoms with Gasteiger partial charge in [-0.3, -0.25) is 4.79 Å². The molecule has 0 spiro atoms. The van der Waals surface area contributed by atoms with Gasteiger partial charge in [0.1, 0.15) is 5.01 Å². The molecule has 0 aliphatic heterocycles. The highest BCUT2D eigenvalue weighted by molar-refractivity contribution is 7.13. The molecule has 2 aromatic carbocycles. The molecule has 0 radical (unpaired) electrons. The number of benzene rings is 2. The number of rotatable bonds is 7. The summed E-state index contributed by atoms with van der Waals surface area (Å²) in [7, 11) is 4.05. The van der Waals surface area contributed by atoms with Gasteiger partial charge in [-0.2, -0.15) is 0 Å². The molecule has 3 rings (SSSR count). The van der Waals surface area contributed by atoms with Crippen molar-refractivity contribution in [1.82, 2.24) is 15.2 Å². The number of hydrogen-bond donors (Lipinski definition) is 1. The van der Waals surface area contributed by atoms with E-state index in [1.165, 1.54) is 11.1 Å². The van der Waals surface area contributed by atoms with Gasteiger partial charge in [0.05, 0.1) is 18.2 Å². The summed E-state index contributed by atoms with van der Waals surface area (Å²) in [5.41, 5.74) is 4.32. The largest absolute Gasteiger partial charge is 0.354 e. The van der Waals surface area contributed by atoms with Gasteiger partial charge >= 0.3 is 0 Å². The summed E-state index contributed by atoms with van der Waals surface area (Å²) in [5, 5.41) is 5.97. The zero-order chi connectivity index (χ0) is 19.2. The van der Waals surface area contributed by atoms with Crippen molar-refractivity contribution in [2.75, 3.05) is 20.6 Å². The smallest absolute Gasteiger partial charge is 0.226 e. The van der Waals surface area contributed by atoms with Crippen molar-refractivity contribution < 1.29 is 4.79 Å². The van der Waals surface area contributed by atoms with Crippen LogP contribution in [0.25, 0.3) is 10.6 Å². The Morgan fingerprint density at radius 1 is 1.11 bits per heavy atom. The van der Waals surface area contributed by atoms with Crippen molar-refractivity contribution in [2.45, 2.75) is 19.4 Å². The molecule has 1 amide bonds. The lowest BCUT2D eigenvalue weighted by Gasteiger charge is -2.25. The highest BCUT2D eigenvalue weighted by atomic mass is 32.1. The number of likely N-dealkylation sites (N-methyl/N-ethyl adjacent to an activating group) is 1. The third-order valence-electron chi connectivity index (χ3n) is 4.49. The minimum absolute atomic E-state index is 0.00135. The highest BCUT2D eigenvalue weighted by Crippen LogP contribution is 2.24. The van der Waals surface area contributed by atoms with Crippen molar-refractivity contribution >= 4 is 17.2 Å². The molecule has 3 aromatic rings. The first kappa shape index (κ1) is 19.3. The van der Waals surface area contributed by atoms with E-state index in [1.807, 2.05) is 37.7 Å². The molecular formula is C22H25N3OS. The second kappa shape index (κ2) is 8.93.